The summed E-state index contributed by atoms with van der Waals surface area (Å²) in [7, 11) is 0. The zero-order valence-corrected chi connectivity index (χ0v) is 18.7. The van der Waals surface area contributed by atoms with Crippen LogP contribution in [0.3, 0.4) is 0 Å². The van der Waals surface area contributed by atoms with Gasteiger partial charge in [0.25, 0.3) is 5.91 Å². The standard InChI is InChI=1S/C24H30N2O6/c1-4-30-24(29)32-20-12-10-19(11-13-20)23(28)26-15-14-25-21(27)9-6-16-31-22-17(2)7-5-8-18(22)3/h5,7-8,10-13H,4,6,9,14-16H2,1-3H3,(H,25,27)(H,26,28). The molecule has 8 nitrogen and oxygen atoms in total. The van der Waals surface area contributed by atoms with Gasteiger partial charge in [0.1, 0.15) is 11.5 Å². The van der Waals surface area contributed by atoms with Gasteiger partial charge in [0.15, 0.2) is 0 Å². The normalized spacial score (nSPS) is 10.2. The Hall–Kier alpha value is -3.55. The minimum atomic E-state index is -0.794. The Labute approximate surface area is 188 Å². The summed E-state index contributed by atoms with van der Waals surface area (Å²) >= 11 is 0. The predicted molar refractivity (Wildman–Crippen MR) is 120 cm³/mol. The molecule has 0 aliphatic rings. The lowest BCUT2D eigenvalue weighted by Gasteiger charge is -2.12. The van der Waals surface area contributed by atoms with Crippen molar-refractivity contribution < 1.29 is 28.6 Å². The Morgan fingerprint density at radius 2 is 1.56 bits per heavy atom. The van der Waals surface area contributed by atoms with Crippen LogP contribution in [0.15, 0.2) is 42.5 Å². The maximum absolute atomic E-state index is 12.2. The van der Waals surface area contributed by atoms with E-state index in [-0.39, 0.29) is 24.2 Å². The highest BCUT2D eigenvalue weighted by Crippen LogP contribution is 2.22. The largest absolute Gasteiger partial charge is 0.513 e. The summed E-state index contributed by atoms with van der Waals surface area (Å²) in [5, 5.41) is 5.50. The fourth-order valence-corrected chi connectivity index (χ4v) is 2.92. The second-order valence-electron chi connectivity index (χ2n) is 7.09. The van der Waals surface area contributed by atoms with Crippen LogP contribution in [0.5, 0.6) is 11.5 Å². The molecule has 0 saturated heterocycles. The Morgan fingerprint density at radius 1 is 0.906 bits per heavy atom. The Kier molecular flexibility index (Phi) is 10.0. The number of ether oxygens (including phenoxy) is 3. The molecular formula is C24H30N2O6. The summed E-state index contributed by atoms with van der Waals surface area (Å²) in [6, 6.07) is 12.1. The van der Waals surface area contributed by atoms with Gasteiger partial charge in [-0.3, -0.25) is 9.59 Å². The molecule has 0 radical (unpaired) electrons. The van der Waals surface area contributed by atoms with Crippen LogP contribution in [0.25, 0.3) is 0 Å². The van der Waals surface area contributed by atoms with Crippen LogP contribution in [0.4, 0.5) is 4.79 Å². The average Bonchev–Trinajstić information content (AvgIpc) is 2.76. The Bertz CT molecular complexity index is 891. The molecule has 0 aliphatic carbocycles. The minimum Gasteiger partial charge on any atom is -0.493 e. The second kappa shape index (κ2) is 13.0. The van der Waals surface area contributed by atoms with Gasteiger partial charge in [-0.1, -0.05) is 18.2 Å². The van der Waals surface area contributed by atoms with Crippen molar-refractivity contribution in [2.45, 2.75) is 33.6 Å². The van der Waals surface area contributed by atoms with Crippen LogP contribution in [-0.4, -0.2) is 44.3 Å². The first kappa shape index (κ1) is 24.7. The molecule has 172 valence electrons. The van der Waals surface area contributed by atoms with E-state index in [9.17, 15) is 14.4 Å². The lowest BCUT2D eigenvalue weighted by Crippen LogP contribution is -2.34. The van der Waals surface area contributed by atoms with E-state index in [0.29, 0.717) is 38.1 Å². The SMILES string of the molecule is CCOC(=O)Oc1ccc(C(=O)NCCNC(=O)CCCOc2c(C)cccc2C)cc1. The summed E-state index contributed by atoms with van der Waals surface area (Å²) < 4.78 is 15.4. The summed E-state index contributed by atoms with van der Waals surface area (Å²) in [5.74, 6) is 0.777. The number of para-hydroxylation sites is 1. The van der Waals surface area contributed by atoms with E-state index in [2.05, 4.69) is 15.4 Å². The van der Waals surface area contributed by atoms with Gasteiger partial charge in [0.05, 0.1) is 13.2 Å². The fraction of sp³-hybridized carbons (Fsp3) is 0.375. The molecule has 0 unspecified atom stereocenters. The van der Waals surface area contributed by atoms with Gasteiger partial charge in [-0.15, -0.1) is 0 Å². The van der Waals surface area contributed by atoms with E-state index in [1.807, 2.05) is 32.0 Å². The molecule has 0 atom stereocenters. The summed E-state index contributed by atoms with van der Waals surface area (Å²) in [6.07, 6.45) is 0.157. The lowest BCUT2D eigenvalue weighted by molar-refractivity contribution is -0.121. The van der Waals surface area contributed by atoms with Gasteiger partial charge in [0.2, 0.25) is 5.91 Å². The number of nitrogens with one attached hydrogen (secondary N) is 2. The van der Waals surface area contributed by atoms with Gasteiger partial charge in [-0.25, -0.2) is 4.79 Å². The molecule has 0 saturated carbocycles. The van der Waals surface area contributed by atoms with E-state index >= 15 is 0 Å². The van der Waals surface area contributed by atoms with Crippen molar-refractivity contribution in [1.82, 2.24) is 10.6 Å². The number of amides is 2. The molecule has 32 heavy (non-hydrogen) atoms. The van der Waals surface area contributed by atoms with Gasteiger partial charge >= 0.3 is 6.16 Å². The molecule has 0 spiro atoms. The zero-order valence-electron chi connectivity index (χ0n) is 18.7. The van der Waals surface area contributed by atoms with Crippen molar-refractivity contribution in [2.24, 2.45) is 0 Å². The molecule has 2 N–H and O–H groups in total. The quantitative estimate of drug-likeness (QED) is 0.313. The van der Waals surface area contributed by atoms with Crippen LogP contribution >= 0.6 is 0 Å². The number of carbonyl (C=O) groups is 3. The van der Waals surface area contributed by atoms with Crippen LogP contribution in [-0.2, 0) is 9.53 Å². The van der Waals surface area contributed by atoms with Gasteiger partial charge < -0.3 is 24.8 Å². The molecule has 0 aliphatic heterocycles. The van der Waals surface area contributed by atoms with E-state index in [1.165, 1.54) is 12.1 Å². The van der Waals surface area contributed by atoms with Crippen molar-refractivity contribution >= 4 is 18.0 Å². The molecular weight excluding hydrogens is 412 g/mol. The second-order valence-corrected chi connectivity index (χ2v) is 7.09. The van der Waals surface area contributed by atoms with Crippen LogP contribution < -0.4 is 20.1 Å². The molecule has 2 aromatic carbocycles. The summed E-state index contributed by atoms with van der Waals surface area (Å²) in [5.41, 5.74) is 2.56. The van der Waals surface area contributed by atoms with Crippen LogP contribution in [0, 0.1) is 13.8 Å². The van der Waals surface area contributed by atoms with Crippen LogP contribution in [0.2, 0.25) is 0 Å². The first-order valence-corrected chi connectivity index (χ1v) is 10.6. The molecule has 2 rings (SSSR count). The van der Waals surface area contributed by atoms with E-state index in [1.54, 1.807) is 19.1 Å². The Morgan fingerprint density at radius 3 is 2.22 bits per heavy atom. The average molecular weight is 443 g/mol. The molecule has 0 bridgehead atoms. The smallest absolute Gasteiger partial charge is 0.493 e. The lowest BCUT2D eigenvalue weighted by atomic mass is 10.1. The van der Waals surface area contributed by atoms with Crippen molar-refractivity contribution in [1.29, 1.82) is 0 Å². The van der Waals surface area contributed by atoms with E-state index in [4.69, 9.17) is 9.47 Å². The molecule has 8 heteroatoms. The van der Waals surface area contributed by atoms with Gasteiger partial charge in [0, 0.05) is 25.1 Å². The van der Waals surface area contributed by atoms with Crippen molar-refractivity contribution in [3.8, 4) is 11.5 Å². The van der Waals surface area contributed by atoms with Crippen molar-refractivity contribution in [3.05, 3.63) is 59.2 Å². The number of benzene rings is 2. The van der Waals surface area contributed by atoms with Crippen molar-refractivity contribution in [3.63, 3.8) is 0 Å². The number of hydrogen-bond acceptors (Lipinski definition) is 6. The molecule has 2 amide bonds. The minimum absolute atomic E-state index is 0.0928. The number of carbonyl (C=O) groups excluding carboxylic acids is 3. The fourth-order valence-electron chi connectivity index (χ4n) is 2.92. The monoisotopic (exact) mass is 442 g/mol. The Balaban J connectivity index is 1.60. The third-order valence-electron chi connectivity index (χ3n) is 4.52. The summed E-state index contributed by atoms with van der Waals surface area (Å²) in [6.45, 7) is 6.97. The van der Waals surface area contributed by atoms with Crippen molar-refractivity contribution in [2.75, 3.05) is 26.3 Å². The molecule has 2 aromatic rings. The zero-order chi connectivity index (χ0) is 23.3. The molecule has 0 heterocycles. The number of rotatable bonds is 11. The topological polar surface area (TPSA) is 103 Å². The highest BCUT2D eigenvalue weighted by atomic mass is 16.7. The third-order valence-corrected chi connectivity index (χ3v) is 4.52. The molecule has 0 aromatic heterocycles. The highest BCUT2D eigenvalue weighted by Gasteiger charge is 2.09. The van der Waals surface area contributed by atoms with Gasteiger partial charge in [-0.05, 0) is 62.6 Å². The predicted octanol–water partition coefficient (Wildman–Crippen LogP) is 3.54. The highest BCUT2D eigenvalue weighted by molar-refractivity contribution is 5.94. The number of hydrogen-bond donors (Lipinski definition) is 2. The van der Waals surface area contributed by atoms with E-state index in [0.717, 1.165) is 16.9 Å². The van der Waals surface area contributed by atoms with Crippen LogP contribution in [0.1, 0.15) is 41.3 Å². The first-order valence-electron chi connectivity index (χ1n) is 10.6. The van der Waals surface area contributed by atoms with E-state index < -0.39 is 6.16 Å². The first-order chi connectivity index (χ1) is 15.4. The number of aryl methyl sites for hydroxylation is 2. The maximum atomic E-state index is 12.2. The maximum Gasteiger partial charge on any atom is 0.513 e. The third kappa shape index (κ3) is 8.29. The molecule has 0 fully saturated rings. The van der Waals surface area contributed by atoms with Gasteiger partial charge in [-0.2, -0.15) is 0 Å². The summed E-state index contributed by atoms with van der Waals surface area (Å²) in [4.78, 5) is 35.4.